The predicted molar refractivity (Wildman–Crippen MR) is 68.4 cm³/mol. The quantitative estimate of drug-likeness (QED) is 0.831. The molecule has 1 unspecified atom stereocenters. The van der Waals surface area contributed by atoms with E-state index in [1.54, 1.807) is 0 Å². The Balaban J connectivity index is 2.37. The molecule has 1 rings (SSSR count). The standard InChI is InChI=1S/C13H25N3/c1-6-16-10-12(9-15-16)11(2)14-8-7-13(3,4)5/h9-11,14H,6-8H2,1-5H3. The summed E-state index contributed by atoms with van der Waals surface area (Å²) in [5, 5.41) is 7.83. The minimum atomic E-state index is 0.391. The fraction of sp³-hybridized carbons (Fsp3) is 0.769. The van der Waals surface area contributed by atoms with Gasteiger partial charge in [0, 0.05) is 24.3 Å². The van der Waals surface area contributed by atoms with Gasteiger partial charge in [0.15, 0.2) is 0 Å². The van der Waals surface area contributed by atoms with E-state index in [0.29, 0.717) is 11.5 Å². The molecular formula is C13H25N3. The molecule has 0 aliphatic carbocycles. The summed E-state index contributed by atoms with van der Waals surface area (Å²) in [6, 6.07) is 0.391. The van der Waals surface area contributed by atoms with Crippen molar-refractivity contribution in [2.45, 2.75) is 53.6 Å². The second kappa shape index (κ2) is 5.48. The van der Waals surface area contributed by atoms with Crippen molar-refractivity contribution in [3.05, 3.63) is 18.0 Å². The molecule has 3 heteroatoms. The molecule has 1 atom stereocenters. The van der Waals surface area contributed by atoms with Crippen LogP contribution in [0, 0.1) is 5.41 Å². The lowest BCUT2D eigenvalue weighted by Gasteiger charge is -2.20. The fourth-order valence-corrected chi connectivity index (χ4v) is 1.56. The van der Waals surface area contributed by atoms with Gasteiger partial charge < -0.3 is 5.32 Å². The Morgan fingerprint density at radius 1 is 1.44 bits per heavy atom. The van der Waals surface area contributed by atoms with E-state index in [0.717, 1.165) is 13.1 Å². The summed E-state index contributed by atoms with van der Waals surface area (Å²) >= 11 is 0. The maximum atomic E-state index is 4.29. The molecule has 1 heterocycles. The summed E-state index contributed by atoms with van der Waals surface area (Å²) in [7, 11) is 0. The van der Waals surface area contributed by atoms with Crippen LogP contribution in [0.2, 0.25) is 0 Å². The number of aryl methyl sites for hydroxylation is 1. The van der Waals surface area contributed by atoms with Crippen LogP contribution in [0.25, 0.3) is 0 Å². The van der Waals surface area contributed by atoms with Crippen LogP contribution >= 0.6 is 0 Å². The Bertz CT molecular complexity index is 309. The molecule has 0 bridgehead atoms. The van der Waals surface area contributed by atoms with Crippen molar-refractivity contribution in [1.29, 1.82) is 0 Å². The predicted octanol–water partition coefficient (Wildman–Crippen LogP) is 2.99. The second-order valence-corrected chi connectivity index (χ2v) is 5.62. The number of aromatic nitrogens is 2. The van der Waals surface area contributed by atoms with Gasteiger partial charge in [-0.05, 0) is 32.2 Å². The zero-order valence-corrected chi connectivity index (χ0v) is 11.2. The molecule has 1 aromatic heterocycles. The molecule has 0 amide bonds. The second-order valence-electron chi connectivity index (χ2n) is 5.62. The third kappa shape index (κ3) is 4.35. The Hall–Kier alpha value is -0.830. The van der Waals surface area contributed by atoms with Gasteiger partial charge in [-0.15, -0.1) is 0 Å². The average molecular weight is 223 g/mol. The molecule has 0 aliphatic heterocycles. The minimum absolute atomic E-state index is 0.391. The highest BCUT2D eigenvalue weighted by molar-refractivity contribution is 5.08. The summed E-state index contributed by atoms with van der Waals surface area (Å²) in [6.45, 7) is 13.1. The Morgan fingerprint density at radius 3 is 2.62 bits per heavy atom. The van der Waals surface area contributed by atoms with Crippen LogP contribution in [-0.4, -0.2) is 16.3 Å². The van der Waals surface area contributed by atoms with Gasteiger partial charge in [-0.3, -0.25) is 4.68 Å². The normalized spacial score (nSPS) is 14.1. The van der Waals surface area contributed by atoms with Crippen molar-refractivity contribution in [2.75, 3.05) is 6.54 Å². The molecule has 3 nitrogen and oxygen atoms in total. The van der Waals surface area contributed by atoms with Crippen molar-refractivity contribution in [2.24, 2.45) is 5.41 Å². The Labute approximate surface area is 99.2 Å². The lowest BCUT2D eigenvalue weighted by molar-refractivity contribution is 0.358. The van der Waals surface area contributed by atoms with E-state index < -0.39 is 0 Å². The SMILES string of the molecule is CCn1cc(C(C)NCCC(C)(C)C)cn1. The van der Waals surface area contributed by atoms with E-state index in [4.69, 9.17) is 0 Å². The van der Waals surface area contributed by atoms with Gasteiger partial charge in [0.05, 0.1) is 6.20 Å². The molecule has 0 aliphatic rings. The van der Waals surface area contributed by atoms with E-state index >= 15 is 0 Å². The van der Waals surface area contributed by atoms with Gasteiger partial charge in [0.25, 0.3) is 0 Å². The van der Waals surface area contributed by atoms with Crippen LogP contribution in [0.3, 0.4) is 0 Å². The first kappa shape index (κ1) is 13.2. The topological polar surface area (TPSA) is 29.9 Å². The van der Waals surface area contributed by atoms with E-state index in [1.807, 2.05) is 10.9 Å². The van der Waals surface area contributed by atoms with E-state index in [2.05, 4.69) is 51.2 Å². The first-order valence-electron chi connectivity index (χ1n) is 6.18. The molecule has 92 valence electrons. The van der Waals surface area contributed by atoms with Gasteiger partial charge in [0.2, 0.25) is 0 Å². The summed E-state index contributed by atoms with van der Waals surface area (Å²) < 4.78 is 1.97. The lowest BCUT2D eigenvalue weighted by atomic mass is 9.92. The summed E-state index contributed by atoms with van der Waals surface area (Å²) in [6.07, 6.45) is 5.27. The van der Waals surface area contributed by atoms with Gasteiger partial charge in [-0.2, -0.15) is 5.10 Å². The number of hydrogen-bond acceptors (Lipinski definition) is 2. The third-order valence-electron chi connectivity index (χ3n) is 2.80. The fourth-order valence-electron chi connectivity index (χ4n) is 1.56. The summed E-state index contributed by atoms with van der Waals surface area (Å²) in [5.41, 5.74) is 1.68. The number of rotatable bonds is 5. The van der Waals surface area contributed by atoms with Crippen molar-refractivity contribution in [3.8, 4) is 0 Å². The van der Waals surface area contributed by atoms with E-state index in [9.17, 15) is 0 Å². The van der Waals surface area contributed by atoms with Crippen molar-refractivity contribution in [3.63, 3.8) is 0 Å². The number of nitrogens with zero attached hydrogens (tertiary/aromatic N) is 2. The average Bonchev–Trinajstić information content (AvgIpc) is 2.63. The summed E-state index contributed by atoms with van der Waals surface area (Å²) in [5.74, 6) is 0. The molecule has 0 spiro atoms. The highest BCUT2D eigenvalue weighted by atomic mass is 15.3. The van der Waals surface area contributed by atoms with Crippen LogP contribution in [0.1, 0.15) is 52.6 Å². The van der Waals surface area contributed by atoms with E-state index in [1.165, 1.54) is 12.0 Å². The highest BCUT2D eigenvalue weighted by Crippen LogP contribution is 2.18. The first-order chi connectivity index (χ1) is 7.42. The molecule has 0 saturated carbocycles. The summed E-state index contributed by atoms with van der Waals surface area (Å²) in [4.78, 5) is 0. The third-order valence-corrected chi connectivity index (χ3v) is 2.80. The van der Waals surface area contributed by atoms with Crippen LogP contribution < -0.4 is 5.32 Å². The zero-order chi connectivity index (χ0) is 12.2. The molecule has 0 fully saturated rings. The van der Waals surface area contributed by atoms with Gasteiger partial charge >= 0.3 is 0 Å². The largest absolute Gasteiger partial charge is 0.310 e. The minimum Gasteiger partial charge on any atom is -0.310 e. The van der Waals surface area contributed by atoms with Gasteiger partial charge in [-0.25, -0.2) is 0 Å². The Kier molecular flexibility index (Phi) is 4.54. The zero-order valence-electron chi connectivity index (χ0n) is 11.2. The highest BCUT2D eigenvalue weighted by Gasteiger charge is 2.11. The molecule has 0 radical (unpaired) electrons. The lowest BCUT2D eigenvalue weighted by Crippen LogP contribution is -2.23. The van der Waals surface area contributed by atoms with Crippen molar-refractivity contribution >= 4 is 0 Å². The van der Waals surface area contributed by atoms with Crippen molar-refractivity contribution in [1.82, 2.24) is 15.1 Å². The van der Waals surface area contributed by atoms with Crippen LogP contribution in [-0.2, 0) is 6.54 Å². The van der Waals surface area contributed by atoms with E-state index in [-0.39, 0.29) is 0 Å². The maximum absolute atomic E-state index is 4.29. The number of hydrogen-bond donors (Lipinski definition) is 1. The molecular weight excluding hydrogens is 198 g/mol. The first-order valence-corrected chi connectivity index (χ1v) is 6.18. The molecule has 16 heavy (non-hydrogen) atoms. The van der Waals surface area contributed by atoms with Gasteiger partial charge in [0.1, 0.15) is 0 Å². The number of nitrogens with one attached hydrogen (secondary N) is 1. The van der Waals surface area contributed by atoms with Gasteiger partial charge in [-0.1, -0.05) is 20.8 Å². The van der Waals surface area contributed by atoms with Crippen LogP contribution in [0.5, 0.6) is 0 Å². The molecule has 1 N–H and O–H groups in total. The van der Waals surface area contributed by atoms with Crippen LogP contribution in [0.15, 0.2) is 12.4 Å². The monoisotopic (exact) mass is 223 g/mol. The Morgan fingerprint density at radius 2 is 2.12 bits per heavy atom. The van der Waals surface area contributed by atoms with Crippen LogP contribution in [0.4, 0.5) is 0 Å². The molecule has 0 aromatic carbocycles. The van der Waals surface area contributed by atoms with Crippen molar-refractivity contribution < 1.29 is 0 Å². The molecule has 0 saturated heterocycles. The smallest absolute Gasteiger partial charge is 0.0537 e. The maximum Gasteiger partial charge on any atom is 0.0537 e. The molecule has 1 aromatic rings.